The van der Waals surface area contributed by atoms with E-state index in [1.54, 1.807) is 0 Å². The van der Waals surface area contributed by atoms with Gasteiger partial charge in [0.05, 0.1) is 11.3 Å². The van der Waals surface area contributed by atoms with Crippen molar-refractivity contribution in [3.05, 3.63) is 58.8 Å². The van der Waals surface area contributed by atoms with Gasteiger partial charge >= 0.3 is 0 Å². The van der Waals surface area contributed by atoms with Crippen LogP contribution in [-0.2, 0) is 13.0 Å². The van der Waals surface area contributed by atoms with Crippen LogP contribution < -0.4 is 26.7 Å². The average Bonchev–Trinajstić information content (AvgIpc) is 3.26. The summed E-state index contributed by atoms with van der Waals surface area (Å²) in [5, 5.41) is 0. The fourth-order valence-corrected chi connectivity index (χ4v) is 3.52. The van der Waals surface area contributed by atoms with E-state index in [2.05, 4.69) is 27.9 Å². The van der Waals surface area contributed by atoms with E-state index in [0.29, 0.717) is 30.1 Å². The molecule has 158 valence electrons. The van der Waals surface area contributed by atoms with Crippen molar-refractivity contribution in [2.75, 3.05) is 18.3 Å². The van der Waals surface area contributed by atoms with Crippen LogP contribution in [0, 0.1) is 11.8 Å². The number of nitrogens with two attached hydrogens (primary N) is 3. The van der Waals surface area contributed by atoms with Crippen LogP contribution in [0.3, 0.4) is 0 Å². The van der Waals surface area contributed by atoms with Crippen molar-refractivity contribution < 1.29 is 9.47 Å². The maximum Gasteiger partial charge on any atom is 0.231 e. The van der Waals surface area contributed by atoms with Gasteiger partial charge in [0, 0.05) is 18.0 Å². The maximum atomic E-state index is 6.04. The third-order valence-electron chi connectivity index (χ3n) is 5.27. The van der Waals surface area contributed by atoms with Gasteiger partial charge < -0.3 is 26.7 Å². The second-order valence-electron chi connectivity index (χ2n) is 7.34. The van der Waals surface area contributed by atoms with Crippen molar-refractivity contribution in [2.45, 2.75) is 32.7 Å². The highest BCUT2D eigenvalue weighted by molar-refractivity contribution is 5.76. The van der Waals surface area contributed by atoms with Gasteiger partial charge in [-0.05, 0) is 42.2 Å². The molecule has 0 aliphatic carbocycles. The second-order valence-corrected chi connectivity index (χ2v) is 7.34. The van der Waals surface area contributed by atoms with Crippen LogP contribution in [0.4, 0.5) is 11.8 Å². The summed E-state index contributed by atoms with van der Waals surface area (Å²) in [4.78, 5) is 8.30. The van der Waals surface area contributed by atoms with E-state index in [0.717, 1.165) is 33.7 Å². The Kier molecular flexibility index (Phi) is 5.65. The van der Waals surface area contributed by atoms with E-state index < -0.39 is 0 Å². The number of hydrogen-bond donors (Lipinski definition) is 3. The van der Waals surface area contributed by atoms with Gasteiger partial charge in [-0.3, -0.25) is 0 Å². The lowest BCUT2D eigenvalue weighted by atomic mass is 9.94. The fraction of sp³-hybridized carbons (Fsp3) is 0.250. The van der Waals surface area contributed by atoms with Crippen molar-refractivity contribution >= 4 is 11.8 Å². The summed E-state index contributed by atoms with van der Waals surface area (Å²) in [6.07, 6.45) is 0.669. The topological polar surface area (TPSA) is 122 Å². The zero-order valence-corrected chi connectivity index (χ0v) is 17.6. The molecule has 7 nitrogen and oxygen atoms in total. The molecule has 0 bridgehead atoms. The molecule has 7 heteroatoms. The van der Waals surface area contributed by atoms with E-state index in [9.17, 15) is 0 Å². The number of nitrogen functional groups attached to an aromatic ring is 2. The minimum absolute atomic E-state index is 0.0850. The van der Waals surface area contributed by atoms with Gasteiger partial charge in [0.1, 0.15) is 5.82 Å². The van der Waals surface area contributed by atoms with Crippen LogP contribution in [0.25, 0.3) is 11.1 Å². The van der Waals surface area contributed by atoms with E-state index in [1.165, 1.54) is 0 Å². The predicted octanol–water partition coefficient (Wildman–Crippen LogP) is 3.21. The summed E-state index contributed by atoms with van der Waals surface area (Å²) in [6.45, 7) is 4.72. The molecule has 0 spiro atoms. The van der Waals surface area contributed by atoms with E-state index >= 15 is 0 Å². The first-order chi connectivity index (χ1) is 15.0. The monoisotopic (exact) mass is 415 g/mol. The van der Waals surface area contributed by atoms with E-state index in [1.807, 2.05) is 44.2 Å². The van der Waals surface area contributed by atoms with Crippen molar-refractivity contribution in [3.8, 4) is 34.5 Å². The first-order valence-electron chi connectivity index (χ1n) is 10.2. The zero-order valence-electron chi connectivity index (χ0n) is 17.6. The number of anilines is 2. The van der Waals surface area contributed by atoms with Crippen molar-refractivity contribution in [2.24, 2.45) is 5.73 Å². The summed E-state index contributed by atoms with van der Waals surface area (Å²) < 4.78 is 11.4. The Balaban J connectivity index is 1.72. The predicted molar refractivity (Wildman–Crippen MR) is 121 cm³/mol. The SMILES string of the molecule is CCc1nc(N)nc(N)c1C#C[C@H](C)c1cc2c(c(-c3ccc(CN)cc3)c1)OCO2. The van der Waals surface area contributed by atoms with Gasteiger partial charge in [-0.1, -0.05) is 43.0 Å². The number of ether oxygens (including phenoxy) is 2. The molecule has 6 N–H and O–H groups in total. The number of rotatable bonds is 4. The molecule has 2 aromatic carbocycles. The van der Waals surface area contributed by atoms with Gasteiger partial charge in [0.25, 0.3) is 0 Å². The molecule has 0 saturated carbocycles. The molecule has 3 aromatic rings. The van der Waals surface area contributed by atoms with Crippen LogP contribution in [0.1, 0.15) is 42.1 Å². The van der Waals surface area contributed by atoms with Crippen LogP contribution in [-0.4, -0.2) is 16.8 Å². The molecule has 1 aromatic heterocycles. The Morgan fingerprint density at radius 3 is 2.58 bits per heavy atom. The highest BCUT2D eigenvalue weighted by Gasteiger charge is 2.22. The molecule has 0 amide bonds. The number of nitrogens with zero attached hydrogens (tertiary/aromatic N) is 2. The maximum absolute atomic E-state index is 6.04. The number of aromatic nitrogens is 2. The number of hydrogen-bond acceptors (Lipinski definition) is 7. The summed E-state index contributed by atoms with van der Waals surface area (Å²) in [5.41, 5.74) is 22.9. The molecule has 0 saturated heterocycles. The summed E-state index contributed by atoms with van der Waals surface area (Å²) in [6, 6.07) is 12.2. The molecule has 0 unspecified atom stereocenters. The normalized spacial score (nSPS) is 12.9. The Morgan fingerprint density at radius 2 is 1.87 bits per heavy atom. The van der Waals surface area contributed by atoms with E-state index in [4.69, 9.17) is 26.7 Å². The van der Waals surface area contributed by atoms with Crippen LogP contribution in [0.15, 0.2) is 36.4 Å². The molecule has 0 fully saturated rings. The first-order valence-corrected chi connectivity index (χ1v) is 10.2. The third kappa shape index (κ3) is 4.11. The van der Waals surface area contributed by atoms with Gasteiger partial charge in [0.15, 0.2) is 11.5 Å². The average molecular weight is 415 g/mol. The van der Waals surface area contributed by atoms with Gasteiger partial charge in [0.2, 0.25) is 12.7 Å². The lowest BCUT2D eigenvalue weighted by Gasteiger charge is -2.12. The molecule has 31 heavy (non-hydrogen) atoms. The van der Waals surface area contributed by atoms with E-state index in [-0.39, 0.29) is 18.7 Å². The summed E-state index contributed by atoms with van der Waals surface area (Å²) in [5.74, 6) is 8.27. The standard InChI is InChI=1S/C24H25N5O2/c1-3-20-18(23(26)29-24(27)28-20)9-4-14(2)17-10-19(22-21(11-17)30-13-31-22)16-7-5-15(12-25)6-8-16/h5-8,10-11,14H,3,12-13,25H2,1-2H3,(H4,26,27,28,29)/t14-/m0/s1. The smallest absolute Gasteiger partial charge is 0.231 e. The largest absolute Gasteiger partial charge is 0.454 e. The van der Waals surface area contributed by atoms with Crippen LogP contribution in [0.2, 0.25) is 0 Å². The van der Waals surface area contributed by atoms with Gasteiger partial charge in [-0.15, -0.1) is 0 Å². The number of aryl methyl sites for hydroxylation is 1. The van der Waals surface area contributed by atoms with Gasteiger partial charge in [-0.25, -0.2) is 4.98 Å². The molecule has 1 atom stereocenters. The summed E-state index contributed by atoms with van der Waals surface area (Å²) >= 11 is 0. The molecular weight excluding hydrogens is 390 g/mol. The third-order valence-corrected chi connectivity index (χ3v) is 5.27. The van der Waals surface area contributed by atoms with Crippen LogP contribution >= 0.6 is 0 Å². The molecule has 4 rings (SSSR count). The Morgan fingerprint density at radius 1 is 1.10 bits per heavy atom. The quantitative estimate of drug-likeness (QED) is 0.559. The Hall–Kier alpha value is -3.76. The summed E-state index contributed by atoms with van der Waals surface area (Å²) in [7, 11) is 0. The Labute approximate surface area is 181 Å². The minimum Gasteiger partial charge on any atom is -0.454 e. The lowest BCUT2D eigenvalue weighted by Crippen LogP contribution is -2.06. The van der Waals surface area contributed by atoms with Crippen molar-refractivity contribution in [3.63, 3.8) is 0 Å². The van der Waals surface area contributed by atoms with Gasteiger partial charge in [-0.2, -0.15) is 4.98 Å². The van der Waals surface area contributed by atoms with Crippen molar-refractivity contribution in [1.82, 2.24) is 9.97 Å². The molecule has 0 radical (unpaired) electrons. The number of fused-ring (bicyclic) bond motifs is 1. The highest BCUT2D eigenvalue weighted by Crippen LogP contribution is 2.43. The second kappa shape index (κ2) is 8.54. The lowest BCUT2D eigenvalue weighted by molar-refractivity contribution is 0.174. The molecule has 1 aliphatic heterocycles. The minimum atomic E-state index is -0.0850. The first kappa shape index (κ1) is 20.5. The number of benzene rings is 2. The highest BCUT2D eigenvalue weighted by atomic mass is 16.7. The fourth-order valence-electron chi connectivity index (χ4n) is 3.52. The molecule has 2 heterocycles. The van der Waals surface area contributed by atoms with Crippen molar-refractivity contribution in [1.29, 1.82) is 0 Å². The Bertz CT molecular complexity index is 1180. The van der Waals surface area contributed by atoms with Crippen LogP contribution in [0.5, 0.6) is 11.5 Å². The zero-order chi connectivity index (χ0) is 22.0. The molecule has 1 aliphatic rings. The molecular formula is C24H25N5O2.